The number of carbonyl (C=O) groups is 1. The summed E-state index contributed by atoms with van der Waals surface area (Å²) in [6, 6.07) is 6.54. The molecule has 2 aromatic rings. The van der Waals surface area contributed by atoms with E-state index in [1.165, 1.54) is 16.7 Å². The average molecular weight is 326 g/mol. The molecule has 6 nitrogen and oxygen atoms in total. The summed E-state index contributed by atoms with van der Waals surface area (Å²) in [6.45, 7) is 8.12. The monoisotopic (exact) mass is 326 g/mol. The summed E-state index contributed by atoms with van der Waals surface area (Å²) in [5.74, 6) is 0. The summed E-state index contributed by atoms with van der Waals surface area (Å²) >= 11 is 0. The molecule has 4 rings (SSSR count). The van der Waals surface area contributed by atoms with E-state index >= 15 is 0 Å². The smallest absolute Gasteiger partial charge is 0.410 e. The fourth-order valence-electron chi connectivity index (χ4n) is 3.72. The Hall–Kier alpha value is -2.34. The number of fused-ring (bicyclic) bond motifs is 1. The van der Waals surface area contributed by atoms with Crippen LogP contribution in [0.1, 0.15) is 16.7 Å². The summed E-state index contributed by atoms with van der Waals surface area (Å²) in [7, 11) is 0. The molecule has 126 valence electrons. The highest BCUT2D eigenvalue weighted by Gasteiger charge is 2.37. The molecular formula is C18H22N4O2. The van der Waals surface area contributed by atoms with Crippen LogP contribution in [0.25, 0.3) is 5.69 Å². The number of rotatable bonds is 3. The Morgan fingerprint density at radius 1 is 1.29 bits per heavy atom. The molecule has 0 bridgehead atoms. The van der Waals surface area contributed by atoms with Crippen molar-refractivity contribution in [2.45, 2.75) is 26.4 Å². The number of piperazine rings is 1. The number of benzene rings is 1. The molecule has 0 spiro atoms. The number of hydrogen-bond donors (Lipinski definition) is 0. The van der Waals surface area contributed by atoms with Crippen LogP contribution in [0, 0.1) is 13.8 Å². The van der Waals surface area contributed by atoms with Crippen LogP contribution in [0.3, 0.4) is 0 Å². The molecule has 1 unspecified atom stereocenters. The Balaban J connectivity index is 1.60. The summed E-state index contributed by atoms with van der Waals surface area (Å²) in [4.78, 5) is 15.9. The first-order valence-electron chi connectivity index (χ1n) is 8.38. The van der Waals surface area contributed by atoms with Crippen LogP contribution in [0.2, 0.25) is 0 Å². The zero-order valence-electron chi connectivity index (χ0n) is 14.1. The maximum Gasteiger partial charge on any atom is 0.410 e. The van der Waals surface area contributed by atoms with Gasteiger partial charge in [0.05, 0.1) is 11.7 Å². The summed E-state index contributed by atoms with van der Waals surface area (Å²) in [5, 5.41) is 4.41. The molecule has 0 aliphatic carbocycles. The Morgan fingerprint density at radius 2 is 2.17 bits per heavy atom. The summed E-state index contributed by atoms with van der Waals surface area (Å²) < 4.78 is 7.10. The first-order valence-corrected chi connectivity index (χ1v) is 8.38. The van der Waals surface area contributed by atoms with Gasteiger partial charge in [0.15, 0.2) is 0 Å². The van der Waals surface area contributed by atoms with Gasteiger partial charge >= 0.3 is 6.09 Å². The molecule has 24 heavy (non-hydrogen) atoms. The summed E-state index contributed by atoms with van der Waals surface area (Å²) in [5.41, 5.74) is 4.95. The molecule has 0 N–H and O–H groups in total. The van der Waals surface area contributed by atoms with E-state index in [-0.39, 0.29) is 12.1 Å². The largest absolute Gasteiger partial charge is 0.447 e. The third kappa shape index (κ3) is 2.67. The van der Waals surface area contributed by atoms with E-state index in [0.717, 1.165) is 31.9 Å². The van der Waals surface area contributed by atoms with Gasteiger partial charge in [0.1, 0.15) is 6.61 Å². The number of aromatic nitrogens is 2. The van der Waals surface area contributed by atoms with Crippen molar-refractivity contribution in [1.82, 2.24) is 19.6 Å². The van der Waals surface area contributed by atoms with E-state index in [4.69, 9.17) is 4.74 Å². The highest BCUT2D eigenvalue weighted by Crippen LogP contribution is 2.25. The van der Waals surface area contributed by atoms with Crippen LogP contribution in [-0.2, 0) is 11.3 Å². The summed E-state index contributed by atoms with van der Waals surface area (Å²) in [6.07, 6.45) is 3.63. The first-order chi connectivity index (χ1) is 11.6. The van der Waals surface area contributed by atoms with Crippen LogP contribution < -0.4 is 0 Å². The SMILES string of the molecule is Cc1cc(C)c(CN2CCN3C(=O)OCC3C2)c(-n2cccn2)c1. The topological polar surface area (TPSA) is 50.6 Å². The Labute approximate surface area is 141 Å². The molecule has 2 fully saturated rings. The minimum absolute atomic E-state index is 0.164. The third-order valence-electron chi connectivity index (χ3n) is 4.93. The maximum absolute atomic E-state index is 11.6. The van der Waals surface area contributed by atoms with Gasteiger partial charge in [0.2, 0.25) is 0 Å². The number of hydrogen-bond acceptors (Lipinski definition) is 4. The van der Waals surface area contributed by atoms with Crippen LogP contribution in [0.5, 0.6) is 0 Å². The lowest BCUT2D eigenvalue weighted by atomic mass is 10.0. The van der Waals surface area contributed by atoms with Crippen LogP contribution in [0.15, 0.2) is 30.6 Å². The quantitative estimate of drug-likeness (QED) is 0.867. The van der Waals surface area contributed by atoms with Crippen molar-refractivity contribution in [3.8, 4) is 5.69 Å². The van der Waals surface area contributed by atoms with E-state index in [1.807, 2.05) is 28.0 Å². The zero-order valence-corrected chi connectivity index (χ0v) is 14.1. The van der Waals surface area contributed by atoms with Crippen molar-refractivity contribution in [3.05, 3.63) is 47.3 Å². The van der Waals surface area contributed by atoms with E-state index in [2.05, 4.69) is 36.0 Å². The average Bonchev–Trinajstić information content (AvgIpc) is 3.20. The van der Waals surface area contributed by atoms with Gasteiger partial charge in [0.25, 0.3) is 0 Å². The standard InChI is InChI=1S/C18H22N4O2/c1-13-8-14(2)16(17(9-13)22-5-3-4-19-22)11-20-6-7-21-15(10-20)12-24-18(21)23/h3-5,8-9,15H,6-7,10-12H2,1-2H3. The molecule has 2 aliphatic heterocycles. The number of ether oxygens (including phenoxy) is 1. The molecule has 1 aromatic heterocycles. The van der Waals surface area contributed by atoms with Crippen molar-refractivity contribution in [3.63, 3.8) is 0 Å². The molecule has 0 radical (unpaired) electrons. The van der Waals surface area contributed by atoms with E-state index in [9.17, 15) is 4.79 Å². The molecule has 2 saturated heterocycles. The van der Waals surface area contributed by atoms with Crippen LogP contribution >= 0.6 is 0 Å². The highest BCUT2D eigenvalue weighted by molar-refractivity contribution is 5.70. The second kappa shape index (κ2) is 5.94. The highest BCUT2D eigenvalue weighted by atomic mass is 16.6. The van der Waals surface area contributed by atoms with Crippen molar-refractivity contribution < 1.29 is 9.53 Å². The zero-order chi connectivity index (χ0) is 16.7. The maximum atomic E-state index is 11.6. The van der Waals surface area contributed by atoms with Crippen molar-refractivity contribution in [2.24, 2.45) is 0 Å². The molecule has 0 saturated carbocycles. The Kier molecular flexibility index (Phi) is 3.76. The number of aryl methyl sites for hydroxylation is 2. The lowest BCUT2D eigenvalue weighted by Gasteiger charge is -2.36. The fraction of sp³-hybridized carbons (Fsp3) is 0.444. The number of amides is 1. The molecule has 6 heteroatoms. The van der Waals surface area contributed by atoms with Crippen molar-refractivity contribution in [2.75, 3.05) is 26.2 Å². The van der Waals surface area contributed by atoms with Crippen molar-refractivity contribution >= 4 is 6.09 Å². The van der Waals surface area contributed by atoms with Gasteiger partial charge in [-0.05, 0) is 42.7 Å². The van der Waals surface area contributed by atoms with E-state index in [1.54, 1.807) is 0 Å². The predicted molar refractivity (Wildman–Crippen MR) is 90.2 cm³/mol. The Morgan fingerprint density at radius 3 is 2.96 bits per heavy atom. The van der Waals surface area contributed by atoms with E-state index < -0.39 is 0 Å². The van der Waals surface area contributed by atoms with Crippen LogP contribution in [0.4, 0.5) is 4.79 Å². The first kappa shape index (κ1) is 15.2. The van der Waals surface area contributed by atoms with Gasteiger partial charge in [0, 0.05) is 38.6 Å². The van der Waals surface area contributed by atoms with Gasteiger partial charge in [-0.15, -0.1) is 0 Å². The second-order valence-corrected chi connectivity index (χ2v) is 6.69. The van der Waals surface area contributed by atoms with Gasteiger partial charge in [-0.1, -0.05) is 6.07 Å². The van der Waals surface area contributed by atoms with Gasteiger partial charge < -0.3 is 4.74 Å². The normalized spacial score (nSPS) is 21.0. The number of carbonyl (C=O) groups excluding carboxylic acids is 1. The van der Waals surface area contributed by atoms with Gasteiger partial charge in [-0.3, -0.25) is 9.80 Å². The second-order valence-electron chi connectivity index (χ2n) is 6.69. The minimum atomic E-state index is -0.164. The minimum Gasteiger partial charge on any atom is -0.447 e. The Bertz CT molecular complexity index is 757. The van der Waals surface area contributed by atoms with E-state index in [0.29, 0.717) is 6.61 Å². The molecular weight excluding hydrogens is 304 g/mol. The third-order valence-corrected chi connectivity index (χ3v) is 4.93. The lowest BCUT2D eigenvalue weighted by Crippen LogP contribution is -2.51. The van der Waals surface area contributed by atoms with Gasteiger partial charge in [-0.2, -0.15) is 5.10 Å². The number of nitrogens with zero attached hydrogens (tertiary/aromatic N) is 4. The molecule has 1 atom stereocenters. The lowest BCUT2D eigenvalue weighted by molar-refractivity contribution is 0.115. The predicted octanol–water partition coefficient (Wildman–Crippen LogP) is 2.13. The van der Waals surface area contributed by atoms with Gasteiger partial charge in [-0.25, -0.2) is 9.48 Å². The molecule has 1 amide bonds. The number of cyclic esters (lactones) is 1. The molecule has 3 heterocycles. The van der Waals surface area contributed by atoms with Crippen LogP contribution in [-0.4, -0.2) is 58.0 Å². The molecule has 1 aromatic carbocycles. The molecule has 2 aliphatic rings. The van der Waals surface area contributed by atoms with Crippen molar-refractivity contribution in [1.29, 1.82) is 0 Å². The fourth-order valence-corrected chi connectivity index (χ4v) is 3.72.